The number of hydrazone groups is 1. The molecule has 0 bridgehead atoms. The van der Waals surface area contributed by atoms with Gasteiger partial charge >= 0.3 is 0 Å². The van der Waals surface area contributed by atoms with Crippen molar-refractivity contribution in [1.29, 1.82) is 0 Å². The van der Waals surface area contributed by atoms with E-state index in [9.17, 15) is 5.11 Å². The van der Waals surface area contributed by atoms with Crippen molar-refractivity contribution >= 4 is 12.3 Å². The van der Waals surface area contributed by atoms with Crippen LogP contribution in [0, 0.1) is 0 Å². The minimum atomic E-state index is -1.06. The summed E-state index contributed by atoms with van der Waals surface area (Å²) >= 11 is 0. The Balaban J connectivity index is 0.000000720. The van der Waals surface area contributed by atoms with E-state index in [0.717, 1.165) is 0 Å². The molecule has 2 N–H and O–H groups in total. The van der Waals surface area contributed by atoms with Crippen molar-refractivity contribution in [2.24, 2.45) is 10.1 Å². The molecule has 1 radical (unpaired) electrons. The van der Waals surface area contributed by atoms with E-state index in [1.54, 1.807) is 19.2 Å². The van der Waals surface area contributed by atoms with Crippen LogP contribution in [0.1, 0.15) is 6.92 Å². The van der Waals surface area contributed by atoms with Crippen molar-refractivity contribution in [2.75, 3.05) is 0 Å². The molecule has 1 unspecified atom stereocenters. The number of nitrogens with one attached hydrogen (secondary N) is 1. The summed E-state index contributed by atoms with van der Waals surface area (Å²) in [6, 6.07) is 0. The van der Waals surface area contributed by atoms with Crippen LogP contribution in [-0.4, -0.2) is 28.1 Å². The van der Waals surface area contributed by atoms with Crippen LogP contribution in [0.25, 0.3) is 0 Å². The zero-order chi connectivity index (χ0) is 7.90. The zero-order valence-corrected chi connectivity index (χ0v) is 7.80. The molecule has 0 amide bonds. The van der Waals surface area contributed by atoms with Gasteiger partial charge in [0.05, 0.1) is 0 Å². The Labute approximate surface area is 85.4 Å². The quantitative estimate of drug-likeness (QED) is 0.573. The topological polar surface area (TPSA) is 60.2 Å². The van der Waals surface area contributed by atoms with Gasteiger partial charge in [0, 0.05) is 28.6 Å². The van der Waals surface area contributed by atoms with Crippen molar-refractivity contribution in [3.8, 4) is 0 Å². The third kappa shape index (κ3) is 1.32. The summed E-state index contributed by atoms with van der Waals surface area (Å²) in [7, 11) is 0. The Hall–Kier alpha value is -0.620. The van der Waals surface area contributed by atoms with Crippen LogP contribution < -0.4 is 5.32 Å². The molecule has 2 aliphatic rings. The Morgan fingerprint density at radius 3 is 3.08 bits per heavy atom. The summed E-state index contributed by atoms with van der Waals surface area (Å²) in [5, 5.41) is 17.7. The van der Waals surface area contributed by atoms with Gasteiger partial charge in [-0.25, -0.2) is 4.99 Å². The first-order valence-corrected chi connectivity index (χ1v) is 3.27. The molecule has 0 saturated heterocycles. The molecule has 1 atom stereocenters. The van der Waals surface area contributed by atoms with E-state index in [4.69, 9.17) is 0 Å². The van der Waals surface area contributed by atoms with Crippen LogP contribution in [0.2, 0.25) is 0 Å². The van der Waals surface area contributed by atoms with Gasteiger partial charge in [0.2, 0.25) is 5.96 Å². The summed E-state index contributed by atoms with van der Waals surface area (Å²) in [6.07, 6.45) is 4.61. The van der Waals surface area contributed by atoms with Gasteiger partial charge in [0.1, 0.15) is 6.34 Å². The molecule has 0 aliphatic carbocycles. The van der Waals surface area contributed by atoms with Gasteiger partial charge in [-0.3, -0.25) is 0 Å². The maximum absolute atomic E-state index is 9.65. The van der Waals surface area contributed by atoms with E-state index < -0.39 is 5.72 Å². The predicted octanol–water partition coefficient (Wildman–Crippen LogP) is -0.576. The molecule has 2 aliphatic heterocycles. The number of aliphatic hydroxyl groups is 1. The summed E-state index contributed by atoms with van der Waals surface area (Å²) in [6.45, 7) is 1.64. The van der Waals surface area contributed by atoms with Crippen LogP contribution in [0.5, 0.6) is 0 Å². The predicted molar refractivity (Wildman–Crippen MR) is 40.7 cm³/mol. The normalized spacial score (nSPS) is 30.5. The van der Waals surface area contributed by atoms with Gasteiger partial charge in [0.15, 0.2) is 5.72 Å². The van der Waals surface area contributed by atoms with Crippen molar-refractivity contribution in [2.45, 2.75) is 12.6 Å². The van der Waals surface area contributed by atoms with E-state index in [0.29, 0.717) is 5.96 Å². The maximum Gasteiger partial charge on any atom is 0.227 e. The van der Waals surface area contributed by atoms with Crippen molar-refractivity contribution in [3.05, 3.63) is 12.3 Å². The van der Waals surface area contributed by atoms with Gasteiger partial charge in [-0.15, -0.1) is 0 Å². The minimum absolute atomic E-state index is 0. The fraction of sp³-hybridized carbons (Fsp3) is 0.333. The third-order valence-electron chi connectivity index (χ3n) is 1.58. The SMILES string of the molecule is CC1(O)C=CN=C2NC=NN21.[Ag]. The summed E-state index contributed by atoms with van der Waals surface area (Å²) in [4.78, 5) is 3.95. The van der Waals surface area contributed by atoms with Crippen LogP contribution in [0.15, 0.2) is 22.4 Å². The Morgan fingerprint density at radius 2 is 2.42 bits per heavy atom. The van der Waals surface area contributed by atoms with Crippen molar-refractivity contribution in [3.63, 3.8) is 0 Å². The summed E-state index contributed by atoms with van der Waals surface area (Å²) in [5.41, 5.74) is -1.06. The Bertz CT molecular complexity index is 271. The average Bonchev–Trinajstić information content (AvgIpc) is 2.34. The fourth-order valence-electron chi connectivity index (χ4n) is 1.00. The number of guanidine groups is 1. The van der Waals surface area contributed by atoms with Gasteiger partial charge in [-0.05, 0) is 13.0 Å². The maximum atomic E-state index is 9.65. The number of hydrogen-bond acceptors (Lipinski definition) is 5. The molecule has 0 spiro atoms. The zero-order valence-electron chi connectivity index (χ0n) is 6.32. The average molecular weight is 260 g/mol. The largest absolute Gasteiger partial charge is 0.366 e. The molecule has 0 aromatic heterocycles. The summed E-state index contributed by atoms with van der Waals surface area (Å²) < 4.78 is 0. The Morgan fingerprint density at radius 1 is 1.67 bits per heavy atom. The molecule has 0 aromatic carbocycles. The molecule has 6 heteroatoms. The molecular formula is C6H8AgN4O. The molecule has 12 heavy (non-hydrogen) atoms. The van der Waals surface area contributed by atoms with Crippen molar-refractivity contribution < 1.29 is 27.5 Å². The number of aliphatic imine (C=N–C) groups is 1. The smallest absolute Gasteiger partial charge is 0.227 e. The second kappa shape index (κ2) is 3.02. The summed E-state index contributed by atoms with van der Waals surface area (Å²) in [5.74, 6) is 0.553. The Kier molecular flexibility index (Phi) is 2.39. The number of nitrogens with zero attached hydrogens (tertiary/aromatic N) is 3. The van der Waals surface area contributed by atoms with Crippen LogP contribution in [-0.2, 0) is 22.4 Å². The number of fused-ring (bicyclic) bond motifs is 1. The molecule has 0 saturated carbocycles. The van der Waals surface area contributed by atoms with E-state index in [1.807, 2.05) is 0 Å². The first kappa shape index (κ1) is 9.47. The van der Waals surface area contributed by atoms with Gasteiger partial charge < -0.3 is 10.4 Å². The van der Waals surface area contributed by atoms with Crippen LogP contribution in [0.3, 0.4) is 0 Å². The first-order chi connectivity index (χ1) is 5.20. The monoisotopic (exact) mass is 259 g/mol. The van der Waals surface area contributed by atoms with E-state index in [2.05, 4.69) is 15.4 Å². The van der Waals surface area contributed by atoms with Gasteiger partial charge in [-0.2, -0.15) is 10.1 Å². The van der Waals surface area contributed by atoms with E-state index in [1.165, 1.54) is 11.3 Å². The standard InChI is InChI=1S/C6H8N4O.Ag/c1-6(11)2-3-7-5-8-4-9-10(5)6;/h2-4,11H,1H3,(H,7,8,9);. The molecule has 0 aromatic rings. The minimum Gasteiger partial charge on any atom is -0.366 e. The van der Waals surface area contributed by atoms with Gasteiger partial charge in [-0.1, -0.05) is 0 Å². The molecule has 2 heterocycles. The molecule has 2 rings (SSSR count). The van der Waals surface area contributed by atoms with Gasteiger partial charge in [0.25, 0.3) is 0 Å². The molecular weight excluding hydrogens is 252 g/mol. The second-order valence-electron chi connectivity index (χ2n) is 2.56. The first-order valence-electron chi connectivity index (χ1n) is 3.27. The number of hydrogen-bond donors (Lipinski definition) is 2. The van der Waals surface area contributed by atoms with Crippen molar-refractivity contribution in [1.82, 2.24) is 10.3 Å². The van der Waals surface area contributed by atoms with E-state index >= 15 is 0 Å². The molecule has 5 nitrogen and oxygen atoms in total. The van der Waals surface area contributed by atoms with Crippen LogP contribution >= 0.6 is 0 Å². The number of rotatable bonds is 0. The second-order valence-corrected chi connectivity index (χ2v) is 2.56. The fourth-order valence-corrected chi connectivity index (χ4v) is 1.00. The third-order valence-corrected chi connectivity index (χ3v) is 1.58. The molecule has 69 valence electrons. The molecule has 0 fully saturated rings. The van der Waals surface area contributed by atoms with E-state index in [-0.39, 0.29) is 22.4 Å². The van der Waals surface area contributed by atoms with Crippen LogP contribution in [0.4, 0.5) is 0 Å².